The fourth-order valence-corrected chi connectivity index (χ4v) is 4.44. The van der Waals surface area contributed by atoms with E-state index in [-0.39, 0.29) is 17.5 Å². The molecule has 0 N–H and O–H groups in total. The van der Waals surface area contributed by atoms with E-state index >= 15 is 0 Å². The fourth-order valence-electron chi connectivity index (χ4n) is 3.49. The molecular weight excluding hydrogens is 419 g/mol. The highest BCUT2D eigenvalue weighted by molar-refractivity contribution is 6.74. The molecule has 0 aliphatic carbocycles. The highest BCUT2D eigenvalue weighted by atomic mass is 28.4. The summed E-state index contributed by atoms with van der Waals surface area (Å²) < 4.78 is 21.0. The van der Waals surface area contributed by atoms with Gasteiger partial charge in [-0.05, 0) is 54.5 Å². The van der Waals surface area contributed by atoms with E-state index in [1.165, 1.54) is 6.07 Å². The molecule has 3 rings (SSSR count). The lowest BCUT2D eigenvalue weighted by molar-refractivity contribution is 0.271. The number of hydrogen-bond acceptors (Lipinski definition) is 5. The molecule has 1 fully saturated rings. The van der Waals surface area contributed by atoms with Gasteiger partial charge in [-0.1, -0.05) is 20.8 Å². The Morgan fingerprint density at radius 1 is 0.969 bits per heavy atom. The third kappa shape index (κ3) is 5.12. The Hall–Kier alpha value is -2.87. The van der Waals surface area contributed by atoms with Crippen LogP contribution in [-0.4, -0.2) is 34.5 Å². The number of nitrogens with zero attached hydrogens (tertiary/aromatic N) is 4. The fraction of sp³-hybridized carbons (Fsp3) is 0.440. The number of nitriles is 2. The van der Waals surface area contributed by atoms with E-state index in [2.05, 4.69) is 55.8 Å². The minimum Gasteiger partial charge on any atom is -0.412 e. The van der Waals surface area contributed by atoms with Crippen LogP contribution in [0, 0.1) is 28.5 Å². The molecule has 1 aliphatic heterocycles. The van der Waals surface area contributed by atoms with Gasteiger partial charge in [0.25, 0.3) is 0 Å². The predicted molar refractivity (Wildman–Crippen MR) is 129 cm³/mol. The maximum absolute atomic E-state index is 14.7. The molecule has 0 spiro atoms. The number of halogens is 1. The summed E-state index contributed by atoms with van der Waals surface area (Å²) >= 11 is 0. The Bertz CT molecular complexity index is 1040. The van der Waals surface area contributed by atoms with Crippen molar-refractivity contribution in [3.63, 3.8) is 0 Å². The molecule has 0 radical (unpaired) electrons. The second-order valence-electron chi connectivity index (χ2n) is 9.75. The van der Waals surface area contributed by atoms with Crippen molar-refractivity contribution in [1.82, 2.24) is 0 Å². The van der Waals surface area contributed by atoms with E-state index in [1.807, 2.05) is 24.3 Å². The number of rotatable bonds is 5. The topological polar surface area (TPSA) is 63.3 Å². The smallest absolute Gasteiger partial charge is 0.192 e. The molecule has 0 aromatic heterocycles. The molecule has 1 saturated heterocycles. The SMILES string of the molecule is CC(C)(C)[Si](C)(C)OCc1cc(N2CCN(c3ccc(C#N)cc3)CC2)c(C#N)cc1F. The van der Waals surface area contributed by atoms with E-state index in [4.69, 9.17) is 9.69 Å². The summed E-state index contributed by atoms with van der Waals surface area (Å²) in [5.41, 5.74) is 3.34. The van der Waals surface area contributed by atoms with Crippen LogP contribution in [0.2, 0.25) is 18.1 Å². The summed E-state index contributed by atoms with van der Waals surface area (Å²) in [6, 6.07) is 15.0. The van der Waals surface area contributed by atoms with Gasteiger partial charge in [0.05, 0.1) is 29.5 Å². The van der Waals surface area contributed by atoms with Crippen molar-refractivity contribution in [1.29, 1.82) is 10.5 Å². The van der Waals surface area contributed by atoms with E-state index in [1.54, 1.807) is 6.07 Å². The number of piperazine rings is 1. The van der Waals surface area contributed by atoms with Gasteiger partial charge >= 0.3 is 0 Å². The number of anilines is 2. The van der Waals surface area contributed by atoms with E-state index < -0.39 is 8.32 Å². The lowest BCUT2D eigenvalue weighted by Gasteiger charge is -2.38. The van der Waals surface area contributed by atoms with Crippen LogP contribution in [0.15, 0.2) is 36.4 Å². The third-order valence-electron chi connectivity index (χ3n) is 6.66. The van der Waals surface area contributed by atoms with Crippen LogP contribution in [0.5, 0.6) is 0 Å². The zero-order valence-electron chi connectivity index (χ0n) is 19.6. The first-order chi connectivity index (χ1) is 15.1. The number of hydrogen-bond donors (Lipinski definition) is 0. The standard InChI is InChI=1S/C25H31FN4OSi/c1-25(2,3)32(4,5)31-18-21-15-24(20(17-28)14-23(21)26)30-12-10-29(11-13-30)22-8-6-19(16-27)7-9-22/h6-9,14-15H,10-13,18H2,1-5H3. The average molecular weight is 451 g/mol. The average Bonchev–Trinajstić information content (AvgIpc) is 2.77. The predicted octanol–water partition coefficient (Wildman–Crippen LogP) is 5.42. The Balaban J connectivity index is 1.75. The molecular formula is C25H31FN4OSi. The molecule has 0 amide bonds. The Kier molecular flexibility index (Phi) is 6.93. The van der Waals surface area contributed by atoms with Crippen molar-refractivity contribution in [3.05, 3.63) is 58.9 Å². The van der Waals surface area contributed by atoms with Crippen molar-refractivity contribution >= 4 is 19.7 Å². The van der Waals surface area contributed by atoms with Gasteiger partial charge in [0.15, 0.2) is 8.32 Å². The summed E-state index contributed by atoms with van der Waals surface area (Å²) in [4.78, 5) is 4.41. The zero-order valence-corrected chi connectivity index (χ0v) is 20.6. The maximum Gasteiger partial charge on any atom is 0.192 e. The van der Waals surface area contributed by atoms with Crippen LogP contribution in [0.4, 0.5) is 15.8 Å². The summed E-state index contributed by atoms with van der Waals surface area (Å²) in [6.07, 6.45) is 0. The molecule has 0 saturated carbocycles. The largest absolute Gasteiger partial charge is 0.412 e. The molecule has 5 nitrogen and oxygen atoms in total. The summed E-state index contributed by atoms with van der Waals surface area (Å²) in [5.74, 6) is -0.389. The van der Waals surface area contributed by atoms with Crippen molar-refractivity contribution in [2.75, 3.05) is 36.0 Å². The second-order valence-corrected chi connectivity index (χ2v) is 14.6. The van der Waals surface area contributed by atoms with Crippen LogP contribution in [-0.2, 0) is 11.0 Å². The van der Waals surface area contributed by atoms with Crippen LogP contribution in [0.3, 0.4) is 0 Å². The van der Waals surface area contributed by atoms with Crippen molar-refractivity contribution in [2.24, 2.45) is 0 Å². The summed E-state index contributed by atoms with van der Waals surface area (Å²) in [7, 11) is -2.02. The molecule has 0 unspecified atom stereocenters. The molecule has 0 atom stereocenters. The van der Waals surface area contributed by atoms with Gasteiger partial charge in [0, 0.05) is 37.4 Å². The summed E-state index contributed by atoms with van der Waals surface area (Å²) in [6.45, 7) is 14.0. The first-order valence-electron chi connectivity index (χ1n) is 10.9. The molecule has 1 aliphatic rings. The van der Waals surface area contributed by atoms with Gasteiger partial charge in [-0.2, -0.15) is 10.5 Å². The Labute approximate surface area is 191 Å². The van der Waals surface area contributed by atoms with Gasteiger partial charge in [-0.25, -0.2) is 4.39 Å². The Morgan fingerprint density at radius 3 is 2.09 bits per heavy atom. The Morgan fingerprint density at radius 2 is 1.56 bits per heavy atom. The summed E-state index contributed by atoms with van der Waals surface area (Å²) in [5, 5.41) is 18.6. The van der Waals surface area contributed by atoms with Crippen molar-refractivity contribution < 1.29 is 8.82 Å². The van der Waals surface area contributed by atoms with E-state index in [0.717, 1.165) is 37.6 Å². The van der Waals surface area contributed by atoms with E-state index in [9.17, 15) is 9.65 Å². The van der Waals surface area contributed by atoms with Gasteiger partial charge in [0.2, 0.25) is 0 Å². The van der Waals surface area contributed by atoms with Gasteiger partial charge < -0.3 is 14.2 Å². The highest BCUT2D eigenvalue weighted by Crippen LogP contribution is 2.37. The van der Waals surface area contributed by atoms with Crippen LogP contribution in [0.1, 0.15) is 37.5 Å². The van der Waals surface area contributed by atoms with Crippen LogP contribution >= 0.6 is 0 Å². The lowest BCUT2D eigenvalue weighted by Crippen LogP contribution is -2.46. The quantitative estimate of drug-likeness (QED) is 0.569. The first kappa shape index (κ1) is 23.8. The molecule has 0 bridgehead atoms. The minimum absolute atomic E-state index is 0.0423. The first-order valence-corrected chi connectivity index (χ1v) is 13.8. The molecule has 32 heavy (non-hydrogen) atoms. The van der Waals surface area contributed by atoms with Gasteiger partial charge in [-0.3, -0.25) is 0 Å². The number of benzene rings is 2. The van der Waals surface area contributed by atoms with Crippen LogP contribution in [0.25, 0.3) is 0 Å². The van der Waals surface area contributed by atoms with E-state index in [0.29, 0.717) is 16.7 Å². The highest BCUT2D eigenvalue weighted by Gasteiger charge is 2.37. The molecule has 2 aromatic carbocycles. The second kappa shape index (κ2) is 9.32. The monoisotopic (exact) mass is 450 g/mol. The minimum atomic E-state index is -2.02. The third-order valence-corrected chi connectivity index (χ3v) is 11.1. The van der Waals surface area contributed by atoms with Crippen LogP contribution < -0.4 is 9.80 Å². The molecule has 2 aromatic rings. The zero-order chi connectivity index (χ0) is 23.5. The molecule has 1 heterocycles. The maximum atomic E-state index is 14.7. The van der Waals surface area contributed by atoms with Gasteiger partial charge in [0.1, 0.15) is 11.9 Å². The van der Waals surface area contributed by atoms with Gasteiger partial charge in [-0.15, -0.1) is 0 Å². The normalized spacial score (nSPS) is 14.8. The molecule has 7 heteroatoms. The van der Waals surface area contributed by atoms with Crippen molar-refractivity contribution in [2.45, 2.75) is 45.5 Å². The lowest BCUT2D eigenvalue weighted by atomic mass is 10.1. The molecule has 168 valence electrons. The van der Waals surface area contributed by atoms with Crippen molar-refractivity contribution in [3.8, 4) is 12.1 Å².